The fourth-order valence-electron chi connectivity index (χ4n) is 3.04. The molecule has 3 aromatic rings. The van der Waals surface area contributed by atoms with Crippen LogP contribution in [0, 0.1) is 12.7 Å². The van der Waals surface area contributed by atoms with E-state index in [1.165, 1.54) is 35.2 Å². The number of nitrogens with one attached hydrogen (secondary N) is 1. The molecule has 0 aliphatic carbocycles. The highest BCUT2D eigenvalue weighted by molar-refractivity contribution is 7.92. The maximum absolute atomic E-state index is 13.1. The van der Waals surface area contributed by atoms with Crippen LogP contribution in [0.4, 0.5) is 10.1 Å². The van der Waals surface area contributed by atoms with Crippen molar-refractivity contribution in [2.75, 3.05) is 18.8 Å². The number of likely N-dealkylation sites (N-methyl/N-ethyl adjacent to an activating group) is 1. The molecule has 0 spiro atoms. The Morgan fingerprint density at radius 1 is 0.970 bits per heavy atom. The first kappa shape index (κ1) is 23.9. The highest BCUT2D eigenvalue weighted by Crippen LogP contribution is 2.25. The first-order valence-electron chi connectivity index (χ1n) is 9.94. The van der Waals surface area contributed by atoms with E-state index in [4.69, 9.17) is 4.74 Å². The average molecular weight is 471 g/mol. The van der Waals surface area contributed by atoms with Crippen molar-refractivity contribution in [2.45, 2.75) is 17.9 Å². The molecule has 0 saturated heterocycles. The number of carbonyl (C=O) groups is 2. The second-order valence-electron chi connectivity index (χ2n) is 7.52. The highest BCUT2D eigenvalue weighted by Gasteiger charge is 2.28. The van der Waals surface area contributed by atoms with Crippen molar-refractivity contribution in [1.82, 2.24) is 4.90 Å². The quantitative estimate of drug-likeness (QED) is 0.529. The molecule has 0 fully saturated rings. The summed E-state index contributed by atoms with van der Waals surface area (Å²) in [5, 5.41) is 0. The van der Waals surface area contributed by atoms with Crippen LogP contribution in [-0.2, 0) is 19.6 Å². The molecule has 33 heavy (non-hydrogen) atoms. The zero-order chi connectivity index (χ0) is 24.2. The Balaban J connectivity index is 1.90. The molecule has 7 nitrogen and oxygen atoms in total. The Bertz CT molecular complexity index is 1260. The summed E-state index contributed by atoms with van der Waals surface area (Å²) in [6.07, 6.45) is -1.19. The number of amides is 1. The van der Waals surface area contributed by atoms with Gasteiger partial charge in [-0.05, 0) is 48.9 Å². The van der Waals surface area contributed by atoms with Crippen LogP contribution in [-0.4, -0.2) is 39.3 Å². The summed E-state index contributed by atoms with van der Waals surface area (Å²) in [6.45, 7) is 1.58. The molecular weight excluding hydrogens is 447 g/mol. The maximum Gasteiger partial charge on any atom is 0.339 e. The summed E-state index contributed by atoms with van der Waals surface area (Å²) >= 11 is 0. The standard InChI is InChI=1S/C24H23FN2O5S/c1-16-9-10-18(15-21(16)33(30,31)26-20-13-11-19(25)12-14-20)24(29)32-22(23(28)27(2)3)17-7-5-4-6-8-17/h4-15,22,26H,1-3H3. The minimum Gasteiger partial charge on any atom is -0.444 e. The Labute approximate surface area is 191 Å². The van der Waals surface area contributed by atoms with Crippen LogP contribution in [0.2, 0.25) is 0 Å². The van der Waals surface area contributed by atoms with Gasteiger partial charge in [0, 0.05) is 25.3 Å². The number of halogens is 1. The third-order valence-corrected chi connectivity index (χ3v) is 6.33. The number of esters is 1. The highest BCUT2D eigenvalue weighted by atomic mass is 32.2. The van der Waals surface area contributed by atoms with E-state index in [1.54, 1.807) is 51.4 Å². The first-order chi connectivity index (χ1) is 15.6. The van der Waals surface area contributed by atoms with E-state index in [0.717, 1.165) is 12.1 Å². The summed E-state index contributed by atoms with van der Waals surface area (Å²) in [4.78, 5) is 26.7. The molecule has 0 radical (unpaired) electrons. The molecule has 0 aliphatic rings. The molecule has 0 aromatic heterocycles. The van der Waals surface area contributed by atoms with Crippen molar-refractivity contribution < 1.29 is 27.1 Å². The van der Waals surface area contributed by atoms with Gasteiger partial charge in [-0.15, -0.1) is 0 Å². The minimum atomic E-state index is -4.08. The lowest BCUT2D eigenvalue weighted by Gasteiger charge is -2.21. The van der Waals surface area contributed by atoms with Crippen molar-refractivity contribution in [3.8, 4) is 0 Å². The van der Waals surface area contributed by atoms with E-state index in [1.807, 2.05) is 0 Å². The fraction of sp³-hybridized carbons (Fsp3) is 0.167. The SMILES string of the molecule is Cc1ccc(C(=O)OC(C(=O)N(C)C)c2ccccc2)cc1S(=O)(=O)Nc1ccc(F)cc1. The second kappa shape index (κ2) is 9.83. The van der Waals surface area contributed by atoms with Gasteiger partial charge in [-0.3, -0.25) is 9.52 Å². The number of benzene rings is 3. The number of carbonyl (C=O) groups excluding carboxylic acids is 2. The van der Waals surface area contributed by atoms with E-state index in [2.05, 4.69) is 4.72 Å². The summed E-state index contributed by atoms with van der Waals surface area (Å²) in [7, 11) is -0.988. The number of hydrogen-bond acceptors (Lipinski definition) is 5. The fourth-order valence-corrected chi connectivity index (χ4v) is 4.37. The van der Waals surface area contributed by atoms with Crippen LogP contribution in [0.3, 0.4) is 0 Å². The molecule has 0 heterocycles. The average Bonchev–Trinajstić information content (AvgIpc) is 2.79. The number of hydrogen-bond donors (Lipinski definition) is 1. The molecule has 0 bridgehead atoms. The monoisotopic (exact) mass is 470 g/mol. The molecular formula is C24H23FN2O5S. The molecule has 0 aliphatic heterocycles. The summed E-state index contributed by atoms with van der Waals surface area (Å²) in [5.74, 6) is -1.79. The van der Waals surface area contributed by atoms with Gasteiger partial charge in [0.15, 0.2) is 0 Å². The molecule has 3 aromatic carbocycles. The van der Waals surface area contributed by atoms with Crippen molar-refractivity contribution >= 4 is 27.6 Å². The zero-order valence-electron chi connectivity index (χ0n) is 18.3. The Hall–Kier alpha value is -3.72. The maximum atomic E-state index is 13.1. The van der Waals surface area contributed by atoms with Crippen molar-refractivity contribution in [1.29, 1.82) is 0 Å². The number of rotatable bonds is 7. The van der Waals surface area contributed by atoms with Gasteiger partial charge in [0.1, 0.15) is 5.82 Å². The minimum absolute atomic E-state index is 0.0347. The number of ether oxygens (including phenoxy) is 1. The lowest BCUT2D eigenvalue weighted by Crippen LogP contribution is -2.31. The van der Waals surface area contributed by atoms with Gasteiger partial charge in [-0.2, -0.15) is 0 Å². The topological polar surface area (TPSA) is 92.8 Å². The molecule has 1 unspecified atom stereocenters. The van der Waals surface area contributed by atoms with Gasteiger partial charge in [0.2, 0.25) is 6.10 Å². The number of nitrogens with zero attached hydrogens (tertiary/aromatic N) is 1. The molecule has 172 valence electrons. The van der Waals surface area contributed by atoms with Crippen LogP contribution in [0.15, 0.2) is 77.7 Å². The van der Waals surface area contributed by atoms with Gasteiger partial charge in [-0.1, -0.05) is 36.4 Å². The van der Waals surface area contributed by atoms with Crippen LogP contribution in [0.1, 0.15) is 27.6 Å². The Morgan fingerprint density at radius 3 is 2.21 bits per heavy atom. The number of anilines is 1. The zero-order valence-corrected chi connectivity index (χ0v) is 19.1. The van der Waals surface area contributed by atoms with E-state index in [9.17, 15) is 22.4 Å². The molecule has 0 saturated carbocycles. The van der Waals surface area contributed by atoms with Crippen molar-refractivity contribution in [3.05, 3.63) is 95.3 Å². The van der Waals surface area contributed by atoms with Gasteiger partial charge >= 0.3 is 5.97 Å². The molecule has 1 amide bonds. The van der Waals surface area contributed by atoms with Crippen LogP contribution >= 0.6 is 0 Å². The normalized spacial score (nSPS) is 12.0. The Morgan fingerprint density at radius 2 is 1.61 bits per heavy atom. The third kappa shape index (κ3) is 5.75. The van der Waals surface area contributed by atoms with E-state index in [0.29, 0.717) is 11.1 Å². The van der Waals surface area contributed by atoms with Crippen LogP contribution in [0.5, 0.6) is 0 Å². The van der Waals surface area contributed by atoms with Gasteiger partial charge in [0.25, 0.3) is 15.9 Å². The summed E-state index contributed by atoms with van der Waals surface area (Å²) in [6, 6.07) is 17.5. The largest absolute Gasteiger partial charge is 0.444 e. The summed E-state index contributed by atoms with van der Waals surface area (Å²) < 4.78 is 46.8. The van der Waals surface area contributed by atoms with Crippen LogP contribution < -0.4 is 4.72 Å². The van der Waals surface area contributed by atoms with E-state index >= 15 is 0 Å². The summed E-state index contributed by atoms with van der Waals surface area (Å²) in [5.41, 5.74) is 1.02. The number of aryl methyl sites for hydroxylation is 1. The van der Waals surface area contributed by atoms with Crippen LogP contribution in [0.25, 0.3) is 0 Å². The third-order valence-electron chi connectivity index (χ3n) is 4.80. The van der Waals surface area contributed by atoms with E-state index in [-0.39, 0.29) is 16.1 Å². The predicted octanol–water partition coefficient (Wildman–Crippen LogP) is 3.92. The lowest BCUT2D eigenvalue weighted by atomic mass is 10.1. The Kier molecular flexibility index (Phi) is 7.13. The van der Waals surface area contributed by atoms with Gasteiger partial charge in [0.05, 0.1) is 10.5 Å². The number of sulfonamides is 1. The van der Waals surface area contributed by atoms with Gasteiger partial charge < -0.3 is 9.64 Å². The predicted molar refractivity (Wildman–Crippen MR) is 122 cm³/mol. The van der Waals surface area contributed by atoms with E-state index < -0.39 is 33.8 Å². The van der Waals surface area contributed by atoms with Gasteiger partial charge in [-0.25, -0.2) is 17.6 Å². The van der Waals surface area contributed by atoms with Crippen molar-refractivity contribution in [3.63, 3.8) is 0 Å². The van der Waals surface area contributed by atoms with Crippen molar-refractivity contribution in [2.24, 2.45) is 0 Å². The smallest absolute Gasteiger partial charge is 0.339 e. The lowest BCUT2D eigenvalue weighted by molar-refractivity contribution is -0.138. The second-order valence-corrected chi connectivity index (χ2v) is 9.17. The first-order valence-corrected chi connectivity index (χ1v) is 11.4. The molecule has 1 atom stereocenters. The molecule has 3 rings (SSSR count). The molecule has 1 N–H and O–H groups in total. The molecule has 9 heteroatoms.